The van der Waals surface area contributed by atoms with Crippen LogP contribution in [0.15, 0.2) is 59.7 Å². The third-order valence-corrected chi connectivity index (χ3v) is 5.82. The van der Waals surface area contributed by atoms with E-state index in [2.05, 4.69) is 4.98 Å². The van der Waals surface area contributed by atoms with Gasteiger partial charge in [-0.05, 0) is 35.9 Å². The van der Waals surface area contributed by atoms with E-state index in [1.165, 1.54) is 22.8 Å². The highest BCUT2D eigenvalue weighted by Gasteiger charge is 2.24. The smallest absolute Gasteiger partial charge is 0.341 e. The predicted octanol–water partition coefficient (Wildman–Crippen LogP) is 4.10. The van der Waals surface area contributed by atoms with Crippen LogP contribution in [0.4, 0.5) is 10.1 Å². The van der Waals surface area contributed by atoms with Crippen molar-refractivity contribution in [2.45, 2.75) is 13.1 Å². The number of carbonyl (C=O) groups is 1. The topological polar surface area (TPSA) is 95.7 Å². The molecule has 0 saturated heterocycles. The Kier molecular flexibility index (Phi) is 4.60. The molecular formula is C23H15ClFN3O4. The first-order chi connectivity index (χ1) is 15.3. The van der Waals surface area contributed by atoms with E-state index in [4.69, 9.17) is 11.6 Å². The van der Waals surface area contributed by atoms with Crippen LogP contribution in [0.25, 0.3) is 16.6 Å². The van der Waals surface area contributed by atoms with Crippen molar-refractivity contribution in [1.29, 1.82) is 0 Å². The Morgan fingerprint density at radius 2 is 1.94 bits per heavy atom. The monoisotopic (exact) mass is 451 g/mol. The second-order valence-corrected chi connectivity index (χ2v) is 7.88. The van der Waals surface area contributed by atoms with Crippen LogP contribution in [0.3, 0.4) is 0 Å². The number of nitrogens with zero attached hydrogens (tertiary/aromatic N) is 3. The molecule has 0 bridgehead atoms. The molecule has 4 aromatic rings. The standard InChI is InChI=1S/C23H15ClFN3O4/c24-16-7-14-20(8-21(16)27-9-12-2-1-5-26-18(12)11-27)28(10-15(22(14)30)23(31)32)19-4-3-13(29)6-17(19)25/h1-8,10,29H,9,11H2,(H,31,32). The molecule has 0 radical (unpaired) electrons. The highest BCUT2D eigenvalue weighted by atomic mass is 35.5. The highest BCUT2D eigenvalue weighted by Crippen LogP contribution is 2.36. The van der Waals surface area contributed by atoms with Gasteiger partial charge < -0.3 is 19.7 Å². The number of hydrogen-bond donors (Lipinski definition) is 2. The van der Waals surface area contributed by atoms with Gasteiger partial charge in [-0.15, -0.1) is 0 Å². The molecule has 0 fully saturated rings. The number of aromatic hydroxyl groups is 1. The third kappa shape index (κ3) is 3.16. The lowest BCUT2D eigenvalue weighted by Gasteiger charge is -2.21. The highest BCUT2D eigenvalue weighted by molar-refractivity contribution is 6.34. The van der Waals surface area contributed by atoms with Gasteiger partial charge >= 0.3 is 5.97 Å². The Balaban J connectivity index is 1.77. The van der Waals surface area contributed by atoms with E-state index in [-0.39, 0.29) is 27.4 Å². The number of phenolic OH excluding ortho intramolecular Hbond substituents is 1. The van der Waals surface area contributed by atoms with Gasteiger partial charge in [-0.1, -0.05) is 17.7 Å². The molecule has 9 heteroatoms. The normalized spacial score (nSPS) is 12.9. The minimum Gasteiger partial charge on any atom is -0.508 e. The zero-order valence-corrected chi connectivity index (χ0v) is 17.2. The van der Waals surface area contributed by atoms with E-state index in [1.54, 1.807) is 12.3 Å². The predicted molar refractivity (Wildman–Crippen MR) is 117 cm³/mol. The number of aromatic carboxylic acids is 1. The van der Waals surface area contributed by atoms with E-state index in [9.17, 15) is 24.2 Å². The average molecular weight is 452 g/mol. The van der Waals surface area contributed by atoms with Crippen molar-refractivity contribution in [2.75, 3.05) is 4.90 Å². The number of halogens is 2. The summed E-state index contributed by atoms with van der Waals surface area (Å²) in [7, 11) is 0. The lowest BCUT2D eigenvalue weighted by molar-refractivity contribution is 0.0695. The van der Waals surface area contributed by atoms with Crippen molar-refractivity contribution in [2.24, 2.45) is 0 Å². The zero-order valence-electron chi connectivity index (χ0n) is 16.4. The number of phenols is 1. The number of hydrogen-bond acceptors (Lipinski definition) is 5. The summed E-state index contributed by atoms with van der Waals surface area (Å²) < 4.78 is 16.0. The van der Waals surface area contributed by atoms with Crippen LogP contribution in [-0.4, -0.2) is 25.7 Å². The number of benzene rings is 2. The van der Waals surface area contributed by atoms with Crippen LogP contribution in [0.5, 0.6) is 5.75 Å². The maximum absolute atomic E-state index is 14.7. The van der Waals surface area contributed by atoms with Crippen LogP contribution < -0.4 is 10.3 Å². The van der Waals surface area contributed by atoms with Gasteiger partial charge in [-0.2, -0.15) is 0 Å². The number of fused-ring (bicyclic) bond motifs is 2. The van der Waals surface area contributed by atoms with Crippen LogP contribution in [0.1, 0.15) is 21.6 Å². The lowest BCUT2D eigenvalue weighted by atomic mass is 10.1. The minimum atomic E-state index is -1.44. The van der Waals surface area contributed by atoms with Crippen molar-refractivity contribution >= 4 is 34.2 Å². The van der Waals surface area contributed by atoms with E-state index >= 15 is 0 Å². The average Bonchev–Trinajstić information content (AvgIpc) is 3.18. The first-order valence-electron chi connectivity index (χ1n) is 9.62. The lowest BCUT2D eigenvalue weighted by Crippen LogP contribution is -2.20. The molecule has 0 spiro atoms. The van der Waals surface area contributed by atoms with Crippen LogP contribution >= 0.6 is 11.6 Å². The summed E-state index contributed by atoms with van der Waals surface area (Å²) in [5.74, 6) is -2.49. The Morgan fingerprint density at radius 3 is 2.66 bits per heavy atom. The summed E-state index contributed by atoms with van der Waals surface area (Å²) in [6.07, 6.45) is 2.80. The fourth-order valence-electron chi connectivity index (χ4n) is 3.99. The van der Waals surface area contributed by atoms with Gasteiger partial charge in [0.05, 0.1) is 34.2 Å². The molecule has 5 rings (SSSR count). The Bertz CT molecular complexity index is 1460. The van der Waals surface area contributed by atoms with Crippen molar-refractivity contribution in [3.8, 4) is 11.4 Å². The molecule has 3 heterocycles. The summed E-state index contributed by atoms with van der Waals surface area (Å²) in [4.78, 5) is 30.9. The number of pyridine rings is 2. The van der Waals surface area contributed by atoms with Crippen molar-refractivity contribution < 1.29 is 19.4 Å². The minimum absolute atomic E-state index is 0.0186. The quantitative estimate of drug-likeness (QED) is 0.487. The van der Waals surface area contributed by atoms with E-state index in [0.717, 1.165) is 23.5 Å². The molecule has 32 heavy (non-hydrogen) atoms. The summed E-state index contributed by atoms with van der Waals surface area (Å²) in [5.41, 5.74) is 1.59. The number of carboxylic acid groups (broad SMARTS) is 1. The summed E-state index contributed by atoms with van der Waals surface area (Å²) in [5, 5.41) is 19.4. The molecule has 2 N–H and O–H groups in total. The van der Waals surface area contributed by atoms with E-state index in [1.807, 2.05) is 17.0 Å². The Labute approximate surface area is 185 Å². The second-order valence-electron chi connectivity index (χ2n) is 7.47. The molecular weight excluding hydrogens is 437 g/mol. The van der Waals surface area contributed by atoms with Gasteiger partial charge in [0.25, 0.3) is 0 Å². The molecule has 2 aromatic heterocycles. The van der Waals surface area contributed by atoms with Crippen LogP contribution in [0.2, 0.25) is 5.02 Å². The number of anilines is 1. The molecule has 2 aromatic carbocycles. The summed E-state index contributed by atoms with van der Waals surface area (Å²) in [6.45, 7) is 1.06. The number of rotatable bonds is 3. The molecule has 160 valence electrons. The second kappa shape index (κ2) is 7.35. The van der Waals surface area contributed by atoms with E-state index in [0.29, 0.717) is 18.8 Å². The first kappa shape index (κ1) is 20.0. The molecule has 0 atom stereocenters. The summed E-state index contributed by atoms with van der Waals surface area (Å²) >= 11 is 6.52. The first-order valence-corrected chi connectivity index (χ1v) is 10.00. The molecule has 0 aliphatic carbocycles. The van der Waals surface area contributed by atoms with Gasteiger partial charge in [-0.3, -0.25) is 9.78 Å². The number of aromatic nitrogens is 2. The fourth-order valence-corrected chi connectivity index (χ4v) is 4.27. The SMILES string of the molecule is O=C(O)c1cn(-c2ccc(O)cc2F)c2cc(N3Cc4cccnc4C3)c(Cl)cc2c1=O. The van der Waals surface area contributed by atoms with Gasteiger partial charge in [0.15, 0.2) is 5.82 Å². The Morgan fingerprint density at radius 1 is 1.12 bits per heavy atom. The maximum Gasteiger partial charge on any atom is 0.341 e. The molecule has 1 aliphatic rings. The van der Waals surface area contributed by atoms with Crippen molar-refractivity contribution in [1.82, 2.24) is 9.55 Å². The van der Waals surface area contributed by atoms with Gasteiger partial charge in [-0.25, -0.2) is 9.18 Å². The van der Waals surface area contributed by atoms with Crippen LogP contribution in [0, 0.1) is 5.82 Å². The third-order valence-electron chi connectivity index (χ3n) is 5.52. The van der Waals surface area contributed by atoms with Crippen LogP contribution in [-0.2, 0) is 13.1 Å². The fraction of sp³-hybridized carbons (Fsp3) is 0.0870. The van der Waals surface area contributed by atoms with Gasteiger partial charge in [0, 0.05) is 30.4 Å². The van der Waals surface area contributed by atoms with E-state index < -0.39 is 22.8 Å². The molecule has 1 aliphatic heterocycles. The van der Waals surface area contributed by atoms with Crippen molar-refractivity contribution in [3.63, 3.8) is 0 Å². The molecule has 7 nitrogen and oxygen atoms in total. The summed E-state index contributed by atoms with van der Waals surface area (Å²) in [6, 6.07) is 10.4. The molecule has 0 unspecified atom stereocenters. The van der Waals surface area contributed by atoms with Crippen molar-refractivity contribution in [3.05, 3.63) is 92.7 Å². The molecule has 0 amide bonds. The Hall–Kier alpha value is -3.91. The van der Waals surface area contributed by atoms with Gasteiger partial charge in [0.1, 0.15) is 11.3 Å². The van der Waals surface area contributed by atoms with Gasteiger partial charge in [0.2, 0.25) is 5.43 Å². The zero-order chi connectivity index (χ0) is 22.6. The molecule has 0 saturated carbocycles. The maximum atomic E-state index is 14.7. The number of carboxylic acids is 1. The largest absolute Gasteiger partial charge is 0.508 e.